The van der Waals surface area contributed by atoms with Crippen LogP contribution in [0.3, 0.4) is 0 Å². The fourth-order valence-corrected chi connectivity index (χ4v) is 2.16. The average molecular weight is 264 g/mol. The summed E-state index contributed by atoms with van der Waals surface area (Å²) in [4.78, 5) is 0. The van der Waals surface area contributed by atoms with Crippen molar-refractivity contribution in [2.45, 2.75) is 38.2 Å². The molecule has 1 aromatic rings. The van der Waals surface area contributed by atoms with Gasteiger partial charge in [0.1, 0.15) is 11.5 Å². The first kappa shape index (κ1) is 15.6. The number of rotatable bonds is 9. The Kier molecular flexibility index (Phi) is 7.04. The zero-order valence-electron chi connectivity index (χ0n) is 11.9. The molecule has 0 bridgehead atoms. The van der Waals surface area contributed by atoms with Crippen LogP contribution in [0.2, 0.25) is 0 Å². The van der Waals surface area contributed by atoms with Crippen molar-refractivity contribution in [1.82, 2.24) is 0 Å². The molecule has 0 saturated heterocycles. The van der Waals surface area contributed by atoms with Gasteiger partial charge in [-0.1, -0.05) is 25.0 Å². The number of benzene rings is 1. The van der Waals surface area contributed by atoms with Gasteiger partial charge in [0.15, 0.2) is 0 Å². The number of hydrogen-bond donors (Lipinski definition) is 1. The van der Waals surface area contributed by atoms with E-state index in [9.17, 15) is 5.11 Å². The van der Waals surface area contributed by atoms with Gasteiger partial charge in [0.05, 0.1) is 25.9 Å². The van der Waals surface area contributed by atoms with E-state index in [1.165, 1.54) is 0 Å². The van der Waals surface area contributed by atoms with Gasteiger partial charge in [-0.15, -0.1) is 6.58 Å². The molecule has 0 aromatic heterocycles. The second-order valence-electron chi connectivity index (χ2n) is 4.52. The van der Waals surface area contributed by atoms with E-state index in [4.69, 9.17) is 9.47 Å². The van der Waals surface area contributed by atoms with Gasteiger partial charge in [0.25, 0.3) is 0 Å². The van der Waals surface area contributed by atoms with Crippen molar-refractivity contribution in [2.24, 2.45) is 0 Å². The molecule has 0 radical (unpaired) electrons. The zero-order chi connectivity index (χ0) is 14.1. The molecule has 0 aliphatic carbocycles. The quantitative estimate of drug-likeness (QED) is 0.543. The van der Waals surface area contributed by atoms with Gasteiger partial charge in [-0.25, -0.2) is 0 Å². The summed E-state index contributed by atoms with van der Waals surface area (Å²) in [6.45, 7) is 3.70. The molecule has 3 heteroatoms. The number of methoxy groups -OCH3 is 2. The zero-order valence-corrected chi connectivity index (χ0v) is 11.9. The number of aliphatic hydroxyl groups excluding tert-OH is 1. The van der Waals surface area contributed by atoms with Gasteiger partial charge >= 0.3 is 0 Å². The minimum Gasteiger partial charge on any atom is -0.496 e. The largest absolute Gasteiger partial charge is 0.496 e. The summed E-state index contributed by atoms with van der Waals surface area (Å²) in [5.74, 6) is 1.36. The molecule has 1 rings (SSSR count). The molecular weight excluding hydrogens is 240 g/mol. The lowest BCUT2D eigenvalue weighted by molar-refractivity contribution is 0.155. The number of allylic oxidation sites excluding steroid dienone is 1. The van der Waals surface area contributed by atoms with Crippen LogP contribution in [0.15, 0.2) is 30.9 Å². The highest BCUT2D eigenvalue weighted by Crippen LogP contribution is 2.36. The van der Waals surface area contributed by atoms with Crippen LogP contribution in [-0.4, -0.2) is 19.3 Å². The van der Waals surface area contributed by atoms with Crippen LogP contribution in [-0.2, 0) is 0 Å². The summed E-state index contributed by atoms with van der Waals surface area (Å²) in [6.07, 6.45) is 6.34. The van der Waals surface area contributed by atoms with Crippen molar-refractivity contribution >= 4 is 0 Å². The topological polar surface area (TPSA) is 38.7 Å². The van der Waals surface area contributed by atoms with E-state index >= 15 is 0 Å². The molecule has 0 aliphatic rings. The Morgan fingerprint density at radius 3 is 2.32 bits per heavy atom. The van der Waals surface area contributed by atoms with Crippen molar-refractivity contribution in [3.8, 4) is 11.5 Å². The third kappa shape index (κ3) is 4.60. The first-order valence-corrected chi connectivity index (χ1v) is 6.74. The molecule has 1 N–H and O–H groups in total. The predicted molar refractivity (Wildman–Crippen MR) is 77.8 cm³/mol. The third-order valence-corrected chi connectivity index (χ3v) is 3.18. The molecule has 0 aliphatic heterocycles. The summed E-state index contributed by atoms with van der Waals surface area (Å²) >= 11 is 0. The van der Waals surface area contributed by atoms with E-state index in [-0.39, 0.29) is 0 Å². The standard InChI is InChI=1S/C16H24O3/c1-4-5-6-7-8-10-13(17)16-14(18-2)11-9-12-15(16)19-3/h4,9,11-13,17H,1,5-8,10H2,2-3H3. The molecule has 0 spiro atoms. The summed E-state index contributed by atoms with van der Waals surface area (Å²) < 4.78 is 10.6. The average Bonchev–Trinajstić information content (AvgIpc) is 2.45. The highest BCUT2D eigenvalue weighted by molar-refractivity contribution is 5.46. The molecule has 1 atom stereocenters. The van der Waals surface area contributed by atoms with Gasteiger partial charge in [0, 0.05) is 0 Å². The minimum absolute atomic E-state index is 0.546. The van der Waals surface area contributed by atoms with Crippen LogP contribution in [0.1, 0.15) is 43.8 Å². The smallest absolute Gasteiger partial charge is 0.128 e. The van der Waals surface area contributed by atoms with Gasteiger partial charge in [-0.2, -0.15) is 0 Å². The predicted octanol–water partition coefficient (Wildman–Crippen LogP) is 3.87. The Hall–Kier alpha value is -1.48. The maximum Gasteiger partial charge on any atom is 0.128 e. The first-order chi connectivity index (χ1) is 9.24. The second-order valence-corrected chi connectivity index (χ2v) is 4.52. The number of hydrogen-bond acceptors (Lipinski definition) is 3. The molecule has 19 heavy (non-hydrogen) atoms. The Morgan fingerprint density at radius 1 is 1.16 bits per heavy atom. The van der Waals surface area contributed by atoms with E-state index in [0.717, 1.165) is 31.2 Å². The van der Waals surface area contributed by atoms with E-state index in [1.807, 2.05) is 24.3 Å². The molecule has 3 nitrogen and oxygen atoms in total. The van der Waals surface area contributed by atoms with Gasteiger partial charge in [-0.05, 0) is 31.4 Å². The molecule has 0 fully saturated rings. The maximum absolute atomic E-state index is 10.3. The molecule has 1 aromatic carbocycles. The van der Waals surface area contributed by atoms with E-state index in [1.54, 1.807) is 14.2 Å². The number of unbranched alkanes of at least 4 members (excludes halogenated alkanes) is 3. The maximum atomic E-state index is 10.3. The SMILES string of the molecule is C=CCCCCCC(O)c1c(OC)cccc1OC. The van der Waals surface area contributed by atoms with Gasteiger partial charge < -0.3 is 14.6 Å². The van der Waals surface area contributed by atoms with Gasteiger partial charge in [0.2, 0.25) is 0 Å². The lowest BCUT2D eigenvalue weighted by atomic mass is 10.0. The van der Waals surface area contributed by atoms with Crippen LogP contribution >= 0.6 is 0 Å². The summed E-state index contributed by atoms with van der Waals surface area (Å²) in [5, 5.41) is 10.3. The normalized spacial score (nSPS) is 11.9. The van der Waals surface area contributed by atoms with Crippen LogP contribution < -0.4 is 9.47 Å². The third-order valence-electron chi connectivity index (χ3n) is 3.18. The fourth-order valence-electron chi connectivity index (χ4n) is 2.16. The van der Waals surface area contributed by atoms with Crippen molar-refractivity contribution in [2.75, 3.05) is 14.2 Å². The van der Waals surface area contributed by atoms with Crippen molar-refractivity contribution in [3.05, 3.63) is 36.4 Å². The molecular formula is C16H24O3. The first-order valence-electron chi connectivity index (χ1n) is 6.74. The van der Waals surface area contributed by atoms with Crippen LogP contribution in [0.5, 0.6) is 11.5 Å². The second kappa shape index (κ2) is 8.59. The molecule has 0 amide bonds. The summed E-state index contributed by atoms with van der Waals surface area (Å²) in [5.41, 5.74) is 0.747. The molecule has 1 unspecified atom stereocenters. The molecule has 0 saturated carbocycles. The molecule has 106 valence electrons. The van der Waals surface area contributed by atoms with E-state index in [0.29, 0.717) is 17.9 Å². The Labute approximate surface area is 115 Å². The number of aliphatic hydroxyl groups is 1. The van der Waals surface area contributed by atoms with Crippen molar-refractivity contribution in [3.63, 3.8) is 0 Å². The monoisotopic (exact) mass is 264 g/mol. The number of ether oxygens (including phenoxy) is 2. The summed E-state index contributed by atoms with van der Waals surface area (Å²) in [7, 11) is 3.21. The highest BCUT2D eigenvalue weighted by atomic mass is 16.5. The van der Waals surface area contributed by atoms with Crippen LogP contribution in [0.25, 0.3) is 0 Å². The fraction of sp³-hybridized carbons (Fsp3) is 0.500. The Morgan fingerprint density at radius 2 is 1.79 bits per heavy atom. The van der Waals surface area contributed by atoms with Gasteiger partial charge in [-0.3, -0.25) is 0 Å². The van der Waals surface area contributed by atoms with Crippen molar-refractivity contribution in [1.29, 1.82) is 0 Å². The van der Waals surface area contributed by atoms with Crippen molar-refractivity contribution < 1.29 is 14.6 Å². The molecule has 0 heterocycles. The van der Waals surface area contributed by atoms with Crippen LogP contribution in [0, 0.1) is 0 Å². The lowest BCUT2D eigenvalue weighted by Crippen LogP contribution is -2.03. The van der Waals surface area contributed by atoms with E-state index < -0.39 is 6.10 Å². The van der Waals surface area contributed by atoms with Crippen LogP contribution in [0.4, 0.5) is 0 Å². The van der Waals surface area contributed by atoms with E-state index in [2.05, 4.69) is 6.58 Å². The summed E-state index contributed by atoms with van der Waals surface area (Å²) in [6, 6.07) is 5.55. The lowest BCUT2D eigenvalue weighted by Gasteiger charge is -2.18. The Bertz CT molecular complexity index is 365. The minimum atomic E-state index is -0.546. The Balaban J connectivity index is 2.64. The highest BCUT2D eigenvalue weighted by Gasteiger charge is 2.18.